The second-order valence-corrected chi connectivity index (χ2v) is 16.3. The number of aromatic nitrogens is 6. The number of nitriles is 2. The molecule has 6 aromatic heterocycles. The Balaban J connectivity index is 0.000000189. The Hall–Kier alpha value is -8.66. The minimum Gasteiger partial charge on any atom is -0.465 e. The summed E-state index contributed by atoms with van der Waals surface area (Å²) in [7, 11) is 1.35. The maximum atomic E-state index is 12.8. The number of nitrogens with zero attached hydrogens (tertiary/aromatic N) is 8. The Morgan fingerprint density at radius 1 is 0.632 bits per heavy atom. The fourth-order valence-electron chi connectivity index (χ4n) is 7.79. The average molecular weight is 905 g/mol. The van der Waals surface area contributed by atoms with Gasteiger partial charge in [0.25, 0.3) is 5.91 Å². The first kappa shape index (κ1) is 48.8. The van der Waals surface area contributed by atoms with Gasteiger partial charge in [-0.2, -0.15) is 10.5 Å². The first-order valence-corrected chi connectivity index (χ1v) is 21.6. The number of carbonyl (C=O) groups is 2. The van der Waals surface area contributed by atoms with Crippen molar-refractivity contribution in [3.05, 3.63) is 187 Å². The summed E-state index contributed by atoms with van der Waals surface area (Å²) in [6.07, 6.45) is 7.74. The van der Waals surface area contributed by atoms with Crippen LogP contribution in [0.4, 0.5) is 11.6 Å². The number of fused-ring (bicyclic) bond motifs is 2. The summed E-state index contributed by atoms with van der Waals surface area (Å²) < 4.78 is 4.73. The number of anilines is 2. The fourth-order valence-corrected chi connectivity index (χ4v) is 7.79. The van der Waals surface area contributed by atoms with Crippen molar-refractivity contribution < 1.29 is 14.3 Å². The summed E-state index contributed by atoms with van der Waals surface area (Å²) in [6.45, 7) is 12.6. The lowest BCUT2D eigenvalue weighted by atomic mass is 10.0. The number of hydrogen-bond donors (Lipinski definition) is 4. The van der Waals surface area contributed by atoms with Crippen LogP contribution >= 0.6 is 0 Å². The van der Waals surface area contributed by atoms with Crippen molar-refractivity contribution in [1.29, 1.82) is 10.5 Å². The van der Waals surface area contributed by atoms with E-state index in [-0.39, 0.29) is 5.91 Å². The van der Waals surface area contributed by atoms with Gasteiger partial charge in [0.1, 0.15) is 23.8 Å². The van der Waals surface area contributed by atoms with Crippen LogP contribution in [0.3, 0.4) is 0 Å². The van der Waals surface area contributed by atoms with Crippen LogP contribution in [0.25, 0.3) is 21.8 Å². The Labute approximate surface area is 395 Å². The maximum Gasteiger partial charge on any atom is 0.337 e. The van der Waals surface area contributed by atoms with Gasteiger partial charge in [0.15, 0.2) is 0 Å². The van der Waals surface area contributed by atoms with E-state index in [9.17, 15) is 20.1 Å². The molecule has 0 saturated heterocycles. The van der Waals surface area contributed by atoms with Crippen molar-refractivity contribution in [2.24, 2.45) is 5.73 Å². The third-order valence-electron chi connectivity index (χ3n) is 11.1. The number of ether oxygens (including phenoxy) is 1. The average Bonchev–Trinajstić information content (AvgIpc) is 3.30. The number of amides is 1. The molecule has 0 bridgehead atoms. The van der Waals surface area contributed by atoms with Crippen LogP contribution < -0.4 is 22.5 Å². The van der Waals surface area contributed by atoms with Gasteiger partial charge < -0.3 is 27.3 Å². The molecule has 0 saturated carbocycles. The minimum absolute atomic E-state index is 0.190. The summed E-state index contributed by atoms with van der Waals surface area (Å²) >= 11 is 0. The van der Waals surface area contributed by atoms with E-state index in [1.165, 1.54) is 7.11 Å². The second-order valence-electron chi connectivity index (χ2n) is 16.3. The van der Waals surface area contributed by atoms with Gasteiger partial charge in [0.2, 0.25) is 0 Å². The molecule has 7 N–H and O–H groups in total. The SMILES string of the molecule is COC(=O)c1ccnc(Cc2cc(C#N)c3ncc(C)cc3c2)c1.Cc1cc(N)nc(C)c1CN.Cc1cnc2c(C#N)cc(Cc3cc(C(=O)NCc4c(C)cc(N)nc4C)ccn3)cc2c1. The van der Waals surface area contributed by atoms with Gasteiger partial charge in [-0.15, -0.1) is 0 Å². The van der Waals surface area contributed by atoms with Gasteiger partial charge in [-0.05, 0) is 159 Å². The monoisotopic (exact) mass is 904 g/mol. The molecule has 0 aliphatic carbocycles. The number of aryl methyl sites for hydroxylation is 6. The molecular formula is C53H52N12O3. The molecule has 342 valence electrons. The van der Waals surface area contributed by atoms with E-state index in [4.69, 9.17) is 21.9 Å². The molecule has 8 aromatic rings. The van der Waals surface area contributed by atoms with E-state index in [1.54, 1.807) is 55.1 Å². The molecule has 0 aliphatic rings. The molecule has 0 atom stereocenters. The maximum absolute atomic E-state index is 12.8. The zero-order valence-corrected chi connectivity index (χ0v) is 39.1. The predicted octanol–water partition coefficient (Wildman–Crippen LogP) is 7.85. The fraction of sp³-hybridized carbons (Fsp3) is 0.208. The van der Waals surface area contributed by atoms with Crippen LogP contribution in [0.1, 0.15) is 99.1 Å². The van der Waals surface area contributed by atoms with Crippen molar-refractivity contribution in [2.45, 2.75) is 67.5 Å². The zero-order chi connectivity index (χ0) is 49.1. The number of pyridine rings is 6. The van der Waals surface area contributed by atoms with Crippen LogP contribution in [0.2, 0.25) is 0 Å². The van der Waals surface area contributed by atoms with E-state index in [0.717, 1.165) is 78.1 Å². The van der Waals surface area contributed by atoms with Crippen molar-refractivity contribution in [3.63, 3.8) is 0 Å². The number of hydrogen-bond acceptors (Lipinski definition) is 14. The molecule has 15 nitrogen and oxygen atoms in total. The summed E-state index contributed by atoms with van der Waals surface area (Å²) in [5.74, 6) is 0.454. The summed E-state index contributed by atoms with van der Waals surface area (Å²) in [5.41, 5.74) is 31.6. The van der Waals surface area contributed by atoms with Gasteiger partial charge in [-0.3, -0.25) is 24.7 Å². The van der Waals surface area contributed by atoms with Gasteiger partial charge in [-0.1, -0.05) is 0 Å². The topological polar surface area (TPSA) is 258 Å². The quantitative estimate of drug-likeness (QED) is 0.101. The van der Waals surface area contributed by atoms with Crippen LogP contribution in [0.5, 0.6) is 0 Å². The smallest absolute Gasteiger partial charge is 0.337 e. The molecule has 2 aromatic carbocycles. The molecule has 0 spiro atoms. The molecule has 1 amide bonds. The Bertz CT molecular complexity index is 3240. The Kier molecular flexibility index (Phi) is 15.8. The predicted molar refractivity (Wildman–Crippen MR) is 263 cm³/mol. The molecule has 0 unspecified atom stereocenters. The first-order valence-electron chi connectivity index (χ1n) is 21.6. The molecule has 6 heterocycles. The van der Waals surface area contributed by atoms with E-state index < -0.39 is 5.97 Å². The van der Waals surface area contributed by atoms with E-state index >= 15 is 0 Å². The second kappa shape index (κ2) is 22.0. The Morgan fingerprint density at radius 3 is 1.56 bits per heavy atom. The van der Waals surface area contributed by atoms with Crippen LogP contribution in [0.15, 0.2) is 97.6 Å². The van der Waals surface area contributed by atoms with Gasteiger partial charge in [0, 0.05) is 89.8 Å². The lowest BCUT2D eigenvalue weighted by Crippen LogP contribution is -2.24. The van der Waals surface area contributed by atoms with E-state index in [1.807, 2.05) is 84.0 Å². The number of rotatable bonds is 9. The van der Waals surface area contributed by atoms with Crippen molar-refractivity contribution in [1.82, 2.24) is 35.2 Å². The number of nitrogens with one attached hydrogen (secondary N) is 1. The molecule has 15 heteroatoms. The highest BCUT2D eigenvalue weighted by Crippen LogP contribution is 2.24. The van der Waals surface area contributed by atoms with Crippen molar-refractivity contribution >= 4 is 45.3 Å². The van der Waals surface area contributed by atoms with Gasteiger partial charge >= 0.3 is 5.97 Å². The highest BCUT2D eigenvalue weighted by atomic mass is 16.5. The van der Waals surface area contributed by atoms with E-state index in [0.29, 0.717) is 70.9 Å². The van der Waals surface area contributed by atoms with E-state index in [2.05, 4.69) is 47.4 Å². The number of esters is 1. The summed E-state index contributed by atoms with van der Waals surface area (Å²) in [5, 5.41) is 23.7. The summed E-state index contributed by atoms with van der Waals surface area (Å²) in [4.78, 5) is 50.3. The molecule has 68 heavy (non-hydrogen) atoms. The van der Waals surface area contributed by atoms with Crippen molar-refractivity contribution in [2.75, 3.05) is 18.6 Å². The third-order valence-corrected chi connectivity index (χ3v) is 11.1. The standard InChI is InChI=1S/C26H24N6O.C19H15N3O2.C8H13N3/c1-15-6-20-8-18(9-21(12-27)25(20)30-13-15)10-22-11-19(4-5-29-22)26(33)31-14-23-16(2)7-24(28)32-17(23)3;1-12-5-15-6-13(7-16(10-20)18(15)22-11-12)8-17-9-14(3-4-21-17)19(23)24-2;1-5-3-8(10)11-6(2)7(5)4-9/h4-9,11,13H,10,14H2,1-3H3,(H2,28,32)(H,31,33);3-7,9,11H,8H2,1-2H3;3H,4,9H2,1-2H3,(H2,10,11). The highest BCUT2D eigenvalue weighted by Gasteiger charge is 2.14. The van der Waals surface area contributed by atoms with Gasteiger partial charge in [0.05, 0.1) is 34.8 Å². The largest absolute Gasteiger partial charge is 0.465 e. The lowest BCUT2D eigenvalue weighted by molar-refractivity contribution is 0.0600. The van der Waals surface area contributed by atoms with Crippen LogP contribution in [-0.4, -0.2) is 48.9 Å². The van der Waals surface area contributed by atoms with Crippen molar-refractivity contribution in [3.8, 4) is 12.1 Å². The molecule has 0 fully saturated rings. The van der Waals surface area contributed by atoms with Crippen LogP contribution in [0, 0.1) is 64.2 Å². The molecule has 0 radical (unpaired) electrons. The zero-order valence-electron chi connectivity index (χ0n) is 39.1. The normalized spacial score (nSPS) is 10.5. The van der Waals surface area contributed by atoms with Crippen LogP contribution in [-0.2, 0) is 30.7 Å². The first-order chi connectivity index (χ1) is 32.6. The Morgan fingerprint density at radius 2 is 1.10 bits per heavy atom. The van der Waals surface area contributed by atoms with Gasteiger partial charge in [-0.25, -0.2) is 14.8 Å². The third kappa shape index (κ3) is 12.2. The molecule has 8 rings (SSSR count). The number of carbonyl (C=O) groups excluding carboxylic acids is 2. The molecular weight excluding hydrogens is 853 g/mol. The number of nitrogen functional groups attached to an aromatic ring is 2. The molecule has 0 aliphatic heterocycles. The number of methoxy groups -OCH3 is 1. The minimum atomic E-state index is -0.394. The number of benzene rings is 2. The number of nitrogens with two attached hydrogens (primary N) is 3. The summed E-state index contributed by atoms with van der Waals surface area (Å²) in [6, 6.07) is 26.5. The lowest BCUT2D eigenvalue weighted by Gasteiger charge is -2.12. The highest BCUT2D eigenvalue weighted by molar-refractivity contribution is 5.94.